The summed E-state index contributed by atoms with van der Waals surface area (Å²) in [5.74, 6) is 1.05. The van der Waals surface area contributed by atoms with Crippen LogP contribution in [0.5, 0.6) is 0 Å². The van der Waals surface area contributed by atoms with E-state index in [2.05, 4.69) is 19.9 Å². The molecule has 0 aromatic carbocycles. The Hall–Kier alpha value is -2.38. The summed E-state index contributed by atoms with van der Waals surface area (Å²) < 4.78 is 26.6. The third-order valence-corrected chi connectivity index (χ3v) is 4.45. The number of hydrogen-bond donors (Lipinski definition) is 0. The first-order valence-electron chi connectivity index (χ1n) is 8.34. The molecule has 2 aromatic rings. The Morgan fingerprint density at radius 1 is 1.16 bits per heavy atom. The molecule has 2 aromatic heterocycles. The van der Waals surface area contributed by atoms with Gasteiger partial charge in [-0.05, 0) is 38.7 Å². The second kappa shape index (κ2) is 7.25. The summed E-state index contributed by atoms with van der Waals surface area (Å²) in [6.07, 6.45) is 0.283. The molecule has 6 nitrogen and oxygen atoms in total. The minimum atomic E-state index is -2.72. The highest BCUT2D eigenvalue weighted by Gasteiger charge is 2.22. The number of anilines is 1. The fourth-order valence-corrected chi connectivity index (χ4v) is 3.14. The fraction of sp³-hybridized carbons (Fsp3) is 0.529. The molecule has 0 saturated carbocycles. The maximum atomic E-state index is 12.6. The lowest BCUT2D eigenvalue weighted by Gasteiger charge is -2.32. The molecule has 8 heteroatoms. The van der Waals surface area contributed by atoms with Crippen molar-refractivity contribution in [1.29, 1.82) is 0 Å². The van der Waals surface area contributed by atoms with Crippen molar-refractivity contribution in [2.75, 3.05) is 18.0 Å². The van der Waals surface area contributed by atoms with E-state index in [9.17, 15) is 13.6 Å². The van der Waals surface area contributed by atoms with Crippen LogP contribution in [0.2, 0.25) is 0 Å². The van der Waals surface area contributed by atoms with Crippen LogP contribution in [0, 0.1) is 19.8 Å². The number of hydrogen-bond acceptors (Lipinski definition) is 5. The SMILES string of the molecule is Cc1cc(C)nc(N2CCC(Cn3cnc(C(F)F)cc3=O)CC2)n1. The van der Waals surface area contributed by atoms with Gasteiger partial charge in [-0.1, -0.05) is 0 Å². The van der Waals surface area contributed by atoms with Crippen molar-refractivity contribution in [3.63, 3.8) is 0 Å². The van der Waals surface area contributed by atoms with E-state index in [1.807, 2.05) is 19.9 Å². The van der Waals surface area contributed by atoms with Crippen LogP contribution < -0.4 is 10.5 Å². The molecule has 1 saturated heterocycles. The third kappa shape index (κ3) is 4.18. The van der Waals surface area contributed by atoms with Crippen molar-refractivity contribution in [2.45, 2.75) is 39.7 Å². The van der Waals surface area contributed by atoms with Gasteiger partial charge in [-0.2, -0.15) is 0 Å². The molecule has 25 heavy (non-hydrogen) atoms. The van der Waals surface area contributed by atoms with Crippen LogP contribution in [0.15, 0.2) is 23.3 Å². The van der Waals surface area contributed by atoms with E-state index in [4.69, 9.17) is 0 Å². The maximum absolute atomic E-state index is 12.6. The highest BCUT2D eigenvalue weighted by atomic mass is 19.3. The maximum Gasteiger partial charge on any atom is 0.280 e. The van der Waals surface area contributed by atoms with E-state index >= 15 is 0 Å². The topological polar surface area (TPSA) is 63.9 Å². The summed E-state index contributed by atoms with van der Waals surface area (Å²) in [6.45, 7) is 6.02. The Kier molecular flexibility index (Phi) is 5.06. The molecular weight excluding hydrogens is 328 g/mol. The first kappa shape index (κ1) is 17.4. The van der Waals surface area contributed by atoms with Gasteiger partial charge in [0.05, 0.1) is 6.33 Å². The summed E-state index contributed by atoms with van der Waals surface area (Å²) in [5.41, 5.74) is 0.996. The van der Waals surface area contributed by atoms with Crippen LogP contribution in [0.25, 0.3) is 0 Å². The van der Waals surface area contributed by atoms with Gasteiger partial charge >= 0.3 is 0 Å². The molecule has 0 atom stereocenters. The van der Waals surface area contributed by atoms with Gasteiger partial charge in [0.1, 0.15) is 5.69 Å². The lowest BCUT2D eigenvalue weighted by atomic mass is 9.97. The van der Waals surface area contributed by atoms with Crippen LogP contribution in [0.1, 0.15) is 36.3 Å². The lowest BCUT2D eigenvalue weighted by Crippen LogP contribution is -2.37. The smallest absolute Gasteiger partial charge is 0.280 e. The number of aryl methyl sites for hydroxylation is 2. The zero-order valence-electron chi connectivity index (χ0n) is 14.3. The predicted molar refractivity (Wildman–Crippen MR) is 89.9 cm³/mol. The summed E-state index contributed by atoms with van der Waals surface area (Å²) in [4.78, 5) is 26.7. The Bertz CT molecular complexity index is 780. The van der Waals surface area contributed by atoms with E-state index in [1.54, 1.807) is 0 Å². The van der Waals surface area contributed by atoms with Crippen LogP contribution in [-0.2, 0) is 6.54 Å². The second-order valence-electron chi connectivity index (χ2n) is 6.49. The van der Waals surface area contributed by atoms with Crippen molar-refractivity contribution < 1.29 is 8.78 Å². The molecule has 0 aliphatic carbocycles. The molecule has 0 bridgehead atoms. The molecule has 0 radical (unpaired) electrons. The van der Waals surface area contributed by atoms with Crippen LogP contribution in [0.3, 0.4) is 0 Å². The quantitative estimate of drug-likeness (QED) is 0.849. The Morgan fingerprint density at radius 2 is 1.80 bits per heavy atom. The van der Waals surface area contributed by atoms with Crippen molar-refractivity contribution in [3.8, 4) is 0 Å². The summed E-state index contributed by atoms with van der Waals surface area (Å²) in [6, 6.07) is 2.86. The molecule has 1 fully saturated rings. The van der Waals surface area contributed by atoms with Gasteiger partial charge in [-0.3, -0.25) is 9.36 Å². The fourth-order valence-electron chi connectivity index (χ4n) is 3.14. The van der Waals surface area contributed by atoms with E-state index in [-0.39, 0.29) is 0 Å². The number of alkyl halides is 2. The van der Waals surface area contributed by atoms with Crippen molar-refractivity contribution in [3.05, 3.63) is 45.9 Å². The first-order chi connectivity index (χ1) is 11.9. The van der Waals surface area contributed by atoms with E-state index in [1.165, 1.54) is 10.9 Å². The van der Waals surface area contributed by atoms with Gasteiger partial charge in [0.2, 0.25) is 5.95 Å². The summed E-state index contributed by atoms with van der Waals surface area (Å²) >= 11 is 0. The number of halogens is 2. The number of piperidine rings is 1. The molecule has 1 aliphatic heterocycles. The minimum Gasteiger partial charge on any atom is -0.341 e. The average Bonchev–Trinajstić information content (AvgIpc) is 2.56. The molecule has 0 amide bonds. The second-order valence-corrected chi connectivity index (χ2v) is 6.49. The third-order valence-electron chi connectivity index (χ3n) is 4.45. The standard InChI is InChI=1S/C17H21F2N5O/c1-11-7-12(2)22-17(21-11)23-5-3-13(4-6-23)9-24-10-20-14(16(18)19)8-15(24)25/h7-8,10,13,16H,3-6,9H2,1-2H3. The number of nitrogens with zero attached hydrogens (tertiary/aromatic N) is 5. The van der Waals surface area contributed by atoms with Gasteiger partial charge in [-0.15, -0.1) is 0 Å². The molecule has 3 rings (SSSR count). The average molecular weight is 349 g/mol. The largest absolute Gasteiger partial charge is 0.341 e. The Labute approximate surface area is 144 Å². The first-order valence-corrected chi connectivity index (χ1v) is 8.34. The minimum absolute atomic E-state index is 0.305. The molecule has 1 aliphatic rings. The van der Waals surface area contributed by atoms with Gasteiger partial charge in [0, 0.05) is 37.1 Å². The lowest BCUT2D eigenvalue weighted by molar-refractivity contribution is 0.145. The Morgan fingerprint density at radius 3 is 2.36 bits per heavy atom. The Balaban J connectivity index is 1.62. The zero-order chi connectivity index (χ0) is 18.0. The molecule has 0 spiro atoms. The van der Waals surface area contributed by atoms with Crippen LogP contribution >= 0.6 is 0 Å². The van der Waals surface area contributed by atoms with Crippen molar-refractivity contribution >= 4 is 5.95 Å². The van der Waals surface area contributed by atoms with Crippen molar-refractivity contribution in [2.24, 2.45) is 5.92 Å². The van der Waals surface area contributed by atoms with Gasteiger partial charge in [-0.25, -0.2) is 23.7 Å². The molecule has 0 N–H and O–H groups in total. The van der Waals surface area contributed by atoms with Crippen LogP contribution in [-0.4, -0.2) is 32.6 Å². The molecular formula is C17H21F2N5O. The predicted octanol–water partition coefficient (Wildman–Crippen LogP) is 2.50. The molecule has 134 valence electrons. The summed E-state index contributed by atoms with van der Waals surface area (Å²) in [5, 5.41) is 0. The van der Waals surface area contributed by atoms with E-state index in [0.29, 0.717) is 12.5 Å². The van der Waals surface area contributed by atoms with Gasteiger partial charge in [0.25, 0.3) is 12.0 Å². The van der Waals surface area contributed by atoms with Gasteiger partial charge < -0.3 is 4.90 Å². The highest BCUT2D eigenvalue weighted by molar-refractivity contribution is 5.32. The van der Waals surface area contributed by atoms with E-state index < -0.39 is 17.7 Å². The summed E-state index contributed by atoms with van der Waals surface area (Å²) in [7, 11) is 0. The number of aromatic nitrogens is 4. The molecule has 3 heterocycles. The van der Waals surface area contributed by atoms with Crippen molar-refractivity contribution in [1.82, 2.24) is 19.5 Å². The zero-order valence-corrected chi connectivity index (χ0v) is 14.3. The highest BCUT2D eigenvalue weighted by Crippen LogP contribution is 2.22. The monoisotopic (exact) mass is 349 g/mol. The molecule has 0 unspecified atom stereocenters. The van der Waals surface area contributed by atoms with Crippen LogP contribution in [0.4, 0.5) is 14.7 Å². The normalized spacial score (nSPS) is 15.8. The van der Waals surface area contributed by atoms with E-state index in [0.717, 1.165) is 49.3 Å². The number of rotatable bonds is 4. The van der Waals surface area contributed by atoms with Gasteiger partial charge in [0.15, 0.2) is 0 Å².